The Kier molecular flexibility index (Phi) is 1.70. The van der Waals surface area contributed by atoms with E-state index in [-0.39, 0.29) is 5.60 Å². The van der Waals surface area contributed by atoms with E-state index in [2.05, 4.69) is 21.0 Å². The highest BCUT2D eigenvalue weighted by atomic mass is 79.9. The van der Waals surface area contributed by atoms with Crippen LogP contribution in [0.25, 0.3) is 0 Å². The second kappa shape index (κ2) is 2.73. The molecule has 2 saturated heterocycles. The van der Waals surface area contributed by atoms with Gasteiger partial charge in [0.1, 0.15) is 0 Å². The summed E-state index contributed by atoms with van der Waals surface area (Å²) in [5.41, 5.74) is 5.72. The van der Waals surface area contributed by atoms with Crippen LogP contribution in [0.4, 0.5) is 5.82 Å². The molecule has 2 aliphatic heterocycles. The molecule has 0 atom stereocenters. The van der Waals surface area contributed by atoms with Crippen LogP contribution in [0.2, 0.25) is 0 Å². The van der Waals surface area contributed by atoms with Gasteiger partial charge in [0.2, 0.25) is 0 Å². The Morgan fingerprint density at radius 1 is 1.71 bits per heavy atom. The number of aromatic nitrogens is 2. The summed E-state index contributed by atoms with van der Waals surface area (Å²) >= 11 is 3.35. The third kappa shape index (κ3) is 1.19. The van der Waals surface area contributed by atoms with Gasteiger partial charge in [0, 0.05) is 6.20 Å². The van der Waals surface area contributed by atoms with Gasteiger partial charge in [-0.25, -0.2) is 0 Å². The van der Waals surface area contributed by atoms with E-state index in [1.165, 1.54) is 12.8 Å². The molecule has 4 nitrogen and oxygen atoms in total. The van der Waals surface area contributed by atoms with Crippen LogP contribution in [0.15, 0.2) is 10.7 Å². The number of rotatable bonds is 2. The Hall–Kier alpha value is -0.550. The Bertz CT molecular complexity index is 345. The molecule has 0 aromatic carbocycles. The molecule has 2 N–H and O–H groups in total. The lowest BCUT2D eigenvalue weighted by molar-refractivity contribution is -0.0163. The van der Waals surface area contributed by atoms with Crippen LogP contribution < -0.4 is 5.73 Å². The number of fused-ring (bicyclic) bond motifs is 1. The van der Waals surface area contributed by atoms with Gasteiger partial charge in [0.15, 0.2) is 5.82 Å². The van der Waals surface area contributed by atoms with Gasteiger partial charge in [-0.2, -0.15) is 5.10 Å². The van der Waals surface area contributed by atoms with E-state index < -0.39 is 0 Å². The fourth-order valence-electron chi connectivity index (χ4n) is 2.49. The molecule has 76 valence electrons. The van der Waals surface area contributed by atoms with Crippen molar-refractivity contribution in [3.63, 3.8) is 0 Å². The summed E-state index contributed by atoms with van der Waals surface area (Å²) in [6.07, 6.45) is 4.29. The number of ether oxygens (including phenoxy) is 1. The van der Waals surface area contributed by atoms with Crippen LogP contribution in [-0.2, 0) is 11.3 Å². The number of hydrogen-bond donors (Lipinski definition) is 1. The lowest BCUT2D eigenvalue weighted by Crippen LogP contribution is -2.40. The minimum atomic E-state index is 0.0720. The molecular formula is C9H12BrN3O. The van der Waals surface area contributed by atoms with E-state index in [9.17, 15) is 0 Å². The van der Waals surface area contributed by atoms with Crippen LogP contribution in [0.3, 0.4) is 0 Å². The average Bonchev–Trinajstić information content (AvgIpc) is 2.67. The highest BCUT2D eigenvalue weighted by Crippen LogP contribution is 2.49. The van der Waals surface area contributed by atoms with Crippen LogP contribution >= 0.6 is 15.9 Å². The van der Waals surface area contributed by atoms with Crippen molar-refractivity contribution in [2.45, 2.75) is 25.0 Å². The molecule has 5 heteroatoms. The van der Waals surface area contributed by atoms with E-state index >= 15 is 0 Å². The molecule has 1 saturated carbocycles. The smallest absolute Gasteiger partial charge is 0.159 e. The molecule has 3 heterocycles. The van der Waals surface area contributed by atoms with Crippen molar-refractivity contribution < 1.29 is 4.74 Å². The second-order valence-electron chi connectivity index (χ2n) is 4.33. The van der Waals surface area contributed by atoms with Gasteiger partial charge in [-0.15, -0.1) is 0 Å². The molecular weight excluding hydrogens is 246 g/mol. The quantitative estimate of drug-likeness (QED) is 0.872. The van der Waals surface area contributed by atoms with E-state index in [1.807, 2.05) is 10.9 Å². The first-order valence-corrected chi connectivity index (χ1v) is 5.59. The summed E-state index contributed by atoms with van der Waals surface area (Å²) in [5.74, 6) is 1.35. The predicted molar refractivity (Wildman–Crippen MR) is 55.7 cm³/mol. The molecule has 2 bridgehead atoms. The molecule has 0 radical (unpaired) electrons. The summed E-state index contributed by atoms with van der Waals surface area (Å²) in [5, 5.41) is 4.21. The van der Waals surface area contributed by atoms with Crippen molar-refractivity contribution in [2.24, 2.45) is 5.92 Å². The summed E-state index contributed by atoms with van der Waals surface area (Å²) < 4.78 is 8.49. The van der Waals surface area contributed by atoms with Gasteiger partial charge in [-0.1, -0.05) is 0 Å². The Morgan fingerprint density at radius 3 is 3.00 bits per heavy atom. The second-order valence-corrected chi connectivity index (χ2v) is 5.18. The fraction of sp³-hybridized carbons (Fsp3) is 0.667. The van der Waals surface area contributed by atoms with E-state index in [0.717, 1.165) is 23.5 Å². The molecule has 14 heavy (non-hydrogen) atoms. The SMILES string of the molecule is Nc1nn(CC23CC(CO2)C3)cc1Br. The molecule has 1 aliphatic carbocycles. The average molecular weight is 258 g/mol. The van der Waals surface area contributed by atoms with Crippen LogP contribution in [-0.4, -0.2) is 22.0 Å². The third-order valence-electron chi connectivity index (χ3n) is 3.14. The number of nitrogen functional groups attached to an aromatic ring is 1. The third-order valence-corrected chi connectivity index (χ3v) is 3.75. The monoisotopic (exact) mass is 257 g/mol. The first-order valence-electron chi connectivity index (χ1n) is 4.79. The van der Waals surface area contributed by atoms with E-state index in [1.54, 1.807) is 0 Å². The van der Waals surface area contributed by atoms with Crippen molar-refractivity contribution in [3.8, 4) is 0 Å². The highest BCUT2D eigenvalue weighted by Gasteiger charge is 2.52. The molecule has 0 spiro atoms. The number of anilines is 1. The molecule has 1 aromatic rings. The molecule has 0 unspecified atom stereocenters. The zero-order chi connectivity index (χ0) is 9.76. The fourth-order valence-corrected chi connectivity index (χ4v) is 2.80. The maximum atomic E-state index is 5.75. The summed E-state index contributed by atoms with van der Waals surface area (Å²) in [6.45, 7) is 1.76. The van der Waals surface area contributed by atoms with Crippen molar-refractivity contribution in [1.29, 1.82) is 0 Å². The minimum Gasteiger partial charge on any atom is -0.381 e. The van der Waals surface area contributed by atoms with Crippen LogP contribution in [0.1, 0.15) is 12.8 Å². The largest absolute Gasteiger partial charge is 0.381 e. The predicted octanol–water partition coefficient (Wildman–Crippen LogP) is 1.41. The van der Waals surface area contributed by atoms with Crippen LogP contribution in [0, 0.1) is 5.92 Å². The summed E-state index contributed by atoms with van der Waals surface area (Å²) in [4.78, 5) is 0. The van der Waals surface area contributed by atoms with Crippen molar-refractivity contribution in [3.05, 3.63) is 10.7 Å². The lowest BCUT2D eigenvalue weighted by Gasteiger charge is -2.35. The Morgan fingerprint density at radius 2 is 2.50 bits per heavy atom. The van der Waals surface area contributed by atoms with Gasteiger partial charge in [0.25, 0.3) is 0 Å². The summed E-state index contributed by atoms with van der Waals surface area (Å²) in [7, 11) is 0. The lowest BCUT2D eigenvalue weighted by atomic mass is 9.75. The minimum absolute atomic E-state index is 0.0720. The zero-order valence-corrected chi connectivity index (χ0v) is 9.33. The summed E-state index contributed by atoms with van der Waals surface area (Å²) in [6, 6.07) is 0. The normalized spacial score (nSPS) is 34.5. The first-order chi connectivity index (χ1) is 6.67. The number of hydrogen-bond acceptors (Lipinski definition) is 3. The highest BCUT2D eigenvalue weighted by molar-refractivity contribution is 9.10. The van der Waals surface area contributed by atoms with Gasteiger partial charge in [-0.05, 0) is 34.7 Å². The molecule has 3 aliphatic rings. The van der Waals surface area contributed by atoms with Gasteiger partial charge in [0.05, 0.1) is 23.2 Å². The number of nitrogens with zero attached hydrogens (tertiary/aromatic N) is 2. The van der Waals surface area contributed by atoms with Crippen molar-refractivity contribution >= 4 is 21.7 Å². The molecule has 4 rings (SSSR count). The number of halogens is 1. The first kappa shape index (κ1) is 8.73. The van der Waals surface area contributed by atoms with Gasteiger partial charge in [-0.3, -0.25) is 4.68 Å². The molecule has 3 fully saturated rings. The van der Waals surface area contributed by atoms with Crippen molar-refractivity contribution in [2.75, 3.05) is 12.3 Å². The Balaban J connectivity index is 1.78. The molecule has 1 aromatic heterocycles. The number of nitrogens with two attached hydrogens (primary N) is 1. The van der Waals surface area contributed by atoms with E-state index in [4.69, 9.17) is 10.5 Å². The van der Waals surface area contributed by atoms with E-state index in [0.29, 0.717) is 5.82 Å². The van der Waals surface area contributed by atoms with Gasteiger partial charge < -0.3 is 10.5 Å². The van der Waals surface area contributed by atoms with Crippen LogP contribution in [0.5, 0.6) is 0 Å². The topological polar surface area (TPSA) is 53.1 Å². The van der Waals surface area contributed by atoms with Crippen molar-refractivity contribution in [1.82, 2.24) is 9.78 Å². The zero-order valence-electron chi connectivity index (χ0n) is 7.74. The maximum Gasteiger partial charge on any atom is 0.159 e. The van der Waals surface area contributed by atoms with Gasteiger partial charge >= 0.3 is 0 Å². The molecule has 0 amide bonds. The standard InChI is InChI=1S/C9H12BrN3O/c10-7-3-13(12-8(7)11)5-9-1-6(2-9)4-14-9/h3,6H,1-2,4-5H2,(H2,11,12). The Labute approximate surface area is 90.5 Å². The maximum absolute atomic E-state index is 5.75.